The van der Waals surface area contributed by atoms with E-state index in [1.54, 1.807) is 0 Å². The van der Waals surface area contributed by atoms with Crippen molar-refractivity contribution in [2.75, 3.05) is 0 Å². The molecule has 1 aromatic carbocycles. The summed E-state index contributed by atoms with van der Waals surface area (Å²) in [5.41, 5.74) is 0.770. The third-order valence-corrected chi connectivity index (χ3v) is 8.63. The van der Waals surface area contributed by atoms with Crippen molar-refractivity contribution in [2.45, 2.75) is 38.9 Å². The minimum atomic E-state index is -1.92. The number of hydrogen-bond donors (Lipinski definition) is 0. The van der Waals surface area contributed by atoms with E-state index in [2.05, 4.69) is 39.9 Å². The van der Waals surface area contributed by atoms with E-state index in [1.165, 1.54) is 0 Å². The summed E-state index contributed by atoms with van der Waals surface area (Å²) < 4.78 is 6.25. The zero-order valence-electron chi connectivity index (χ0n) is 11.4. The van der Waals surface area contributed by atoms with Gasteiger partial charge < -0.3 is 4.12 Å². The van der Waals surface area contributed by atoms with E-state index >= 15 is 0 Å². The minimum absolute atomic E-state index is 0.297. The van der Waals surface area contributed by atoms with Gasteiger partial charge in [-0.3, -0.25) is 0 Å². The molecular formula is C13H21NOSi2. The molecule has 0 saturated carbocycles. The summed E-state index contributed by atoms with van der Waals surface area (Å²) >= 11 is 0. The topological polar surface area (TPSA) is 33.0 Å². The molecule has 0 unspecified atom stereocenters. The van der Waals surface area contributed by atoms with Gasteiger partial charge in [-0.2, -0.15) is 5.26 Å². The van der Waals surface area contributed by atoms with Crippen LogP contribution in [0.5, 0.6) is 0 Å². The lowest BCUT2D eigenvalue weighted by Gasteiger charge is -2.29. The van der Waals surface area contributed by atoms with Crippen molar-refractivity contribution < 1.29 is 4.12 Å². The van der Waals surface area contributed by atoms with Crippen LogP contribution in [0.15, 0.2) is 24.3 Å². The summed E-state index contributed by atoms with van der Waals surface area (Å²) in [4.78, 5) is 0. The van der Waals surface area contributed by atoms with Crippen molar-refractivity contribution in [3.63, 3.8) is 0 Å². The molecule has 0 aromatic heterocycles. The molecule has 4 heteroatoms. The van der Waals surface area contributed by atoms with Crippen LogP contribution in [-0.4, -0.2) is 18.1 Å². The Balaban J connectivity index is 2.93. The van der Waals surface area contributed by atoms with Crippen molar-refractivity contribution in [3.05, 3.63) is 29.8 Å². The van der Waals surface area contributed by atoms with Gasteiger partial charge in [-0.1, -0.05) is 39.0 Å². The zero-order valence-corrected chi connectivity index (χ0v) is 13.8. The Morgan fingerprint density at radius 3 is 2.35 bits per heavy atom. The normalized spacial score (nSPS) is 12.9. The first kappa shape index (κ1) is 14.2. The number of benzene rings is 1. The van der Waals surface area contributed by atoms with Gasteiger partial charge in [0.05, 0.1) is 11.6 Å². The van der Waals surface area contributed by atoms with Crippen LogP contribution < -0.4 is 5.19 Å². The molecule has 17 heavy (non-hydrogen) atoms. The number of nitrogens with zero attached hydrogens (tertiary/aromatic N) is 1. The Labute approximate surface area is 108 Å². The molecule has 0 spiro atoms. The fraction of sp³-hybridized carbons (Fsp3) is 0.462. The van der Waals surface area contributed by atoms with Crippen LogP contribution >= 0.6 is 0 Å². The lowest BCUT2D eigenvalue weighted by atomic mass is 10.2. The molecule has 0 atom stereocenters. The van der Waals surface area contributed by atoms with E-state index in [-0.39, 0.29) is 0 Å². The highest BCUT2D eigenvalue weighted by atomic mass is 28.4. The lowest BCUT2D eigenvalue weighted by molar-refractivity contribution is 0.550. The first-order chi connectivity index (χ1) is 7.76. The smallest absolute Gasteiger partial charge is 0.206 e. The Morgan fingerprint density at radius 1 is 1.24 bits per heavy atom. The van der Waals surface area contributed by atoms with Crippen molar-refractivity contribution >= 4 is 23.3 Å². The van der Waals surface area contributed by atoms with Crippen molar-refractivity contribution in [2.24, 2.45) is 0 Å². The fourth-order valence-corrected chi connectivity index (χ4v) is 6.66. The number of hydrogen-bond acceptors (Lipinski definition) is 2. The van der Waals surface area contributed by atoms with E-state index in [0.717, 1.165) is 10.8 Å². The largest absolute Gasteiger partial charge is 0.457 e. The van der Waals surface area contributed by atoms with Crippen molar-refractivity contribution in [1.82, 2.24) is 0 Å². The van der Waals surface area contributed by atoms with Gasteiger partial charge in [-0.15, -0.1) is 0 Å². The summed E-state index contributed by atoms with van der Waals surface area (Å²) in [6, 6.07) is 10.1. The monoisotopic (exact) mass is 263 g/mol. The van der Waals surface area contributed by atoms with Crippen LogP contribution in [0.3, 0.4) is 0 Å². The molecule has 0 aliphatic heterocycles. The Hall–Kier alpha value is -0.896. The standard InChI is InChI=1S/C13H21NOSi2/c1-13(2,3)16-15-17(4,5)12-9-7-6-8-11(12)10-14/h6-9H,16H2,1-5H3. The number of rotatable bonds is 3. The molecule has 0 aliphatic carbocycles. The molecule has 0 radical (unpaired) electrons. The average molecular weight is 263 g/mol. The van der Waals surface area contributed by atoms with Crippen LogP contribution in [0, 0.1) is 11.3 Å². The van der Waals surface area contributed by atoms with Gasteiger partial charge in [0, 0.05) is 0 Å². The van der Waals surface area contributed by atoms with Crippen molar-refractivity contribution in [1.29, 1.82) is 5.26 Å². The number of nitriles is 1. The molecule has 92 valence electrons. The van der Waals surface area contributed by atoms with E-state index in [4.69, 9.17) is 9.38 Å². The maximum atomic E-state index is 9.14. The molecular weight excluding hydrogens is 242 g/mol. The highest BCUT2D eigenvalue weighted by molar-refractivity contribution is 6.87. The van der Waals surface area contributed by atoms with Gasteiger partial charge in [0.1, 0.15) is 0 Å². The molecule has 1 rings (SSSR count). The maximum Gasteiger partial charge on any atom is 0.206 e. The van der Waals surface area contributed by atoms with Crippen LogP contribution in [0.1, 0.15) is 26.3 Å². The molecule has 2 nitrogen and oxygen atoms in total. The molecule has 0 amide bonds. The second-order valence-corrected chi connectivity index (χ2v) is 13.1. The predicted molar refractivity (Wildman–Crippen MR) is 77.6 cm³/mol. The van der Waals surface area contributed by atoms with Gasteiger partial charge in [0.2, 0.25) is 8.32 Å². The Morgan fingerprint density at radius 2 is 1.82 bits per heavy atom. The van der Waals surface area contributed by atoms with Gasteiger partial charge >= 0.3 is 0 Å². The van der Waals surface area contributed by atoms with Crippen LogP contribution in [0.2, 0.25) is 18.1 Å². The average Bonchev–Trinajstić information content (AvgIpc) is 2.26. The molecule has 1 aromatic rings. The first-order valence-corrected chi connectivity index (χ1v) is 10.1. The van der Waals surface area contributed by atoms with E-state index in [0.29, 0.717) is 5.04 Å². The predicted octanol–water partition coefficient (Wildman–Crippen LogP) is 2.29. The molecule has 0 bridgehead atoms. The summed E-state index contributed by atoms with van der Waals surface area (Å²) in [7, 11) is -2.49. The summed E-state index contributed by atoms with van der Waals surface area (Å²) in [5.74, 6) is 0. The molecule has 0 heterocycles. The second kappa shape index (κ2) is 5.17. The molecule has 0 N–H and O–H groups in total. The summed E-state index contributed by atoms with van der Waals surface area (Å²) in [6.07, 6.45) is 0. The van der Waals surface area contributed by atoms with Gasteiger partial charge in [0.15, 0.2) is 9.76 Å². The van der Waals surface area contributed by atoms with Crippen LogP contribution in [-0.2, 0) is 4.12 Å². The van der Waals surface area contributed by atoms with Gasteiger partial charge in [-0.25, -0.2) is 0 Å². The van der Waals surface area contributed by atoms with Gasteiger partial charge in [0.25, 0.3) is 0 Å². The van der Waals surface area contributed by atoms with Crippen molar-refractivity contribution in [3.8, 4) is 6.07 Å². The zero-order chi connectivity index (χ0) is 13.1. The minimum Gasteiger partial charge on any atom is -0.457 e. The third kappa shape index (κ3) is 4.12. The van der Waals surface area contributed by atoms with Crippen LogP contribution in [0.25, 0.3) is 0 Å². The maximum absolute atomic E-state index is 9.14. The van der Waals surface area contributed by atoms with Gasteiger partial charge in [-0.05, 0) is 29.4 Å². The first-order valence-electron chi connectivity index (χ1n) is 5.90. The van der Waals surface area contributed by atoms with E-state index in [9.17, 15) is 0 Å². The van der Waals surface area contributed by atoms with E-state index < -0.39 is 18.1 Å². The quantitative estimate of drug-likeness (QED) is 0.784. The highest BCUT2D eigenvalue weighted by Gasteiger charge is 2.29. The lowest BCUT2D eigenvalue weighted by Crippen LogP contribution is -2.48. The fourth-order valence-electron chi connectivity index (χ4n) is 1.58. The summed E-state index contributed by atoms with van der Waals surface area (Å²) in [5, 5.41) is 10.6. The van der Waals surface area contributed by atoms with Crippen LogP contribution in [0.4, 0.5) is 0 Å². The molecule has 0 fully saturated rings. The van der Waals surface area contributed by atoms with E-state index in [1.807, 2.05) is 24.3 Å². The molecule has 0 aliphatic rings. The summed E-state index contributed by atoms with van der Waals surface area (Å²) in [6.45, 7) is 11.0. The second-order valence-electron chi connectivity index (χ2n) is 6.02. The SMILES string of the molecule is CC(C)(C)[SiH2]O[Si](C)(C)c1ccccc1C#N. The Kier molecular flexibility index (Phi) is 4.31. The highest BCUT2D eigenvalue weighted by Crippen LogP contribution is 2.22. The third-order valence-electron chi connectivity index (χ3n) is 2.56. The molecule has 0 saturated heterocycles. The Bertz CT molecular complexity index is 430.